The van der Waals surface area contributed by atoms with Crippen LogP contribution in [-0.2, 0) is 9.59 Å². The van der Waals surface area contributed by atoms with Crippen molar-refractivity contribution in [2.75, 3.05) is 12.3 Å². The molecule has 0 aliphatic carbocycles. The van der Waals surface area contributed by atoms with Gasteiger partial charge in [0.25, 0.3) is 0 Å². The standard InChI is InChI=1S/C7H9NO2S/c9-6-1-2-7(10)8(6)3-5-4-11-5/h5H,1-4H2. The van der Waals surface area contributed by atoms with Crippen LogP contribution < -0.4 is 0 Å². The highest BCUT2D eigenvalue weighted by molar-refractivity contribution is 8.06. The molecule has 2 rings (SSSR count). The van der Waals surface area contributed by atoms with Crippen LogP contribution in [0.2, 0.25) is 0 Å². The van der Waals surface area contributed by atoms with Gasteiger partial charge in [0.05, 0.1) is 0 Å². The van der Waals surface area contributed by atoms with Gasteiger partial charge in [-0.05, 0) is 0 Å². The van der Waals surface area contributed by atoms with Crippen molar-refractivity contribution >= 4 is 23.6 Å². The first-order valence-corrected chi connectivity index (χ1v) is 4.77. The van der Waals surface area contributed by atoms with Gasteiger partial charge in [-0.15, -0.1) is 0 Å². The molecule has 60 valence electrons. The van der Waals surface area contributed by atoms with Crippen LogP contribution in [0.3, 0.4) is 0 Å². The third-order valence-corrected chi connectivity index (χ3v) is 2.90. The average molecular weight is 171 g/mol. The maximum Gasteiger partial charge on any atom is 0.229 e. The van der Waals surface area contributed by atoms with E-state index in [-0.39, 0.29) is 11.8 Å². The molecule has 2 heterocycles. The van der Waals surface area contributed by atoms with E-state index in [0.29, 0.717) is 24.6 Å². The zero-order valence-electron chi connectivity index (χ0n) is 6.08. The minimum atomic E-state index is 0.0162. The molecule has 2 fully saturated rings. The zero-order chi connectivity index (χ0) is 7.84. The second kappa shape index (κ2) is 2.52. The number of likely N-dealkylation sites (tertiary alicyclic amines) is 1. The number of amides is 2. The van der Waals surface area contributed by atoms with E-state index in [2.05, 4.69) is 0 Å². The van der Waals surface area contributed by atoms with Gasteiger partial charge in [-0.1, -0.05) is 0 Å². The summed E-state index contributed by atoms with van der Waals surface area (Å²) >= 11 is 1.81. The van der Waals surface area contributed by atoms with E-state index in [9.17, 15) is 9.59 Å². The number of imide groups is 1. The molecule has 2 amide bonds. The molecule has 3 nitrogen and oxygen atoms in total. The van der Waals surface area contributed by atoms with Gasteiger partial charge in [-0.25, -0.2) is 0 Å². The van der Waals surface area contributed by atoms with Crippen LogP contribution in [0, 0.1) is 0 Å². The molecule has 1 unspecified atom stereocenters. The lowest BCUT2D eigenvalue weighted by Crippen LogP contribution is -2.32. The summed E-state index contributed by atoms with van der Waals surface area (Å²) in [6.07, 6.45) is 0.854. The lowest BCUT2D eigenvalue weighted by molar-refractivity contribution is -0.138. The summed E-state index contributed by atoms with van der Waals surface area (Å²) in [7, 11) is 0. The predicted molar refractivity (Wildman–Crippen MR) is 42.2 cm³/mol. The molecule has 0 aromatic rings. The third kappa shape index (κ3) is 1.40. The van der Waals surface area contributed by atoms with Gasteiger partial charge in [0.15, 0.2) is 0 Å². The van der Waals surface area contributed by atoms with Gasteiger partial charge in [0, 0.05) is 30.4 Å². The van der Waals surface area contributed by atoms with Crippen molar-refractivity contribution in [3.05, 3.63) is 0 Å². The van der Waals surface area contributed by atoms with Gasteiger partial charge < -0.3 is 0 Å². The quantitative estimate of drug-likeness (QED) is 0.441. The van der Waals surface area contributed by atoms with Crippen LogP contribution in [0.25, 0.3) is 0 Å². The van der Waals surface area contributed by atoms with Crippen molar-refractivity contribution in [1.29, 1.82) is 0 Å². The van der Waals surface area contributed by atoms with E-state index < -0.39 is 0 Å². The molecule has 0 N–H and O–H groups in total. The number of nitrogens with zero attached hydrogens (tertiary/aromatic N) is 1. The van der Waals surface area contributed by atoms with Crippen molar-refractivity contribution in [3.8, 4) is 0 Å². The first-order valence-electron chi connectivity index (χ1n) is 3.72. The molecule has 0 spiro atoms. The molecule has 2 aliphatic rings. The molecule has 0 aromatic carbocycles. The number of hydrogen-bond donors (Lipinski definition) is 0. The summed E-state index contributed by atoms with van der Waals surface area (Å²) in [5, 5.41) is 0.543. The molecule has 1 atom stereocenters. The van der Waals surface area contributed by atoms with Crippen LogP contribution >= 0.6 is 11.8 Å². The molecule has 0 bridgehead atoms. The Morgan fingerprint density at radius 1 is 1.36 bits per heavy atom. The predicted octanol–water partition coefficient (Wildman–Crippen LogP) is 0.251. The van der Waals surface area contributed by atoms with Crippen LogP contribution in [-0.4, -0.2) is 34.3 Å². The van der Waals surface area contributed by atoms with E-state index in [1.807, 2.05) is 11.8 Å². The number of carbonyl (C=O) groups is 2. The van der Waals surface area contributed by atoms with Gasteiger partial charge in [-0.3, -0.25) is 14.5 Å². The summed E-state index contributed by atoms with van der Waals surface area (Å²) in [5.74, 6) is 1.14. The minimum Gasteiger partial charge on any atom is -0.281 e. The topological polar surface area (TPSA) is 37.4 Å². The van der Waals surface area contributed by atoms with E-state index >= 15 is 0 Å². The zero-order valence-corrected chi connectivity index (χ0v) is 6.89. The Kier molecular flexibility index (Phi) is 1.64. The van der Waals surface area contributed by atoms with Crippen LogP contribution in [0.1, 0.15) is 12.8 Å². The molecule has 4 heteroatoms. The van der Waals surface area contributed by atoms with Gasteiger partial charge in [0.1, 0.15) is 0 Å². The molecular weight excluding hydrogens is 162 g/mol. The number of hydrogen-bond acceptors (Lipinski definition) is 3. The fourth-order valence-corrected chi connectivity index (χ4v) is 1.70. The number of carbonyl (C=O) groups excluding carboxylic acids is 2. The first-order chi connectivity index (χ1) is 5.27. The van der Waals surface area contributed by atoms with Crippen LogP contribution in [0.15, 0.2) is 0 Å². The van der Waals surface area contributed by atoms with E-state index in [1.54, 1.807) is 0 Å². The number of rotatable bonds is 2. The Hall–Kier alpha value is -0.510. The SMILES string of the molecule is O=C1CCC(=O)N1CC1CS1. The summed E-state index contributed by atoms with van der Waals surface area (Å²) in [4.78, 5) is 23.5. The summed E-state index contributed by atoms with van der Waals surface area (Å²) < 4.78 is 0. The highest BCUT2D eigenvalue weighted by Crippen LogP contribution is 2.31. The second-order valence-corrected chi connectivity index (χ2v) is 4.19. The van der Waals surface area contributed by atoms with Crippen LogP contribution in [0.4, 0.5) is 0 Å². The monoisotopic (exact) mass is 171 g/mol. The largest absolute Gasteiger partial charge is 0.281 e. The highest BCUT2D eigenvalue weighted by Gasteiger charge is 2.34. The lowest BCUT2D eigenvalue weighted by atomic mass is 10.4. The Bertz CT molecular complexity index is 196. The molecule has 2 aliphatic heterocycles. The fourth-order valence-electron chi connectivity index (χ4n) is 1.20. The van der Waals surface area contributed by atoms with Gasteiger partial charge in [-0.2, -0.15) is 11.8 Å². The Morgan fingerprint density at radius 2 is 1.91 bits per heavy atom. The lowest BCUT2D eigenvalue weighted by Gasteiger charge is -2.11. The summed E-state index contributed by atoms with van der Waals surface area (Å²) in [6, 6.07) is 0. The molecule has 11 heavy (non-hydrogen) atoms. The average Bonchev–Trinajstić information content (AvgIpc) is 2.73. The van der Waals surface area contributed by atoms with Crippen molar-refractivity contribution in [3.63, 3.8) is 0 Å². The summed E-state index contributed by atoms with van der Waals surface area (Å²) in [5.41, 5.74) is 0. The second-order valence-electron chi connectivity index (χ2n) is 2.85. The smallest absolute Gasteiger partial charge is 0.229 e. The normalized spacial score (nSPS) is 29.8. The Balaban J connectivity index is 1.97. The molecular formula is C7H9NO2S. The molecule has 0 radical (unpaired) electrons. The molecule has 2 saturated heterocycles. The van der Waals surface area contributed by atoms with Crippen molar-refractivity contribution in [2.24, 2.45) is 0 Å². The minimum absolute atomic E-state index is 0.0162. The Morgan fingerprint density at radius 3 is 2.36 bits per heavy atom. The van der Waals surface area contributed by atoms with Crippen molar-refractivity contribution in [1.82, 2.24) is 4.90 Å². The van der Waals surface area contributed by atoms with Gasteiger partial charge >= 0.3 is 0 Å². The fraction of sp³-hybridized carbons (Fsp3) is 0.714. The van der Waals surface area contributed by atoms with Crippen molar-refractivity contribution in [2.45, 2.75) is 18.1 Å². The van der Waals surface area contributed by atoms with E-state index in [1.165, 1.54) is 4.90 Å². The van der Waals surface area contributed by atoms with Crippen molar-refractivity contribution < 1.29 is 9.59 Å². The molecule has 0 aromatic heterocycles. The first kappa shape index (κ1) is 7.16. The van der Waals surface area contributed by atoms with E-state index in [0.717, 1.165) is 5.75 Å². The highest BCUT2D eigenvalue weighted by atomic mass is 32.2. The van der Waals surface area contributed by atoms with Gasteiger partial charge in [0.2, 0.25) is 11.8 Å². The number of thioether (sulfide) groups is 1. The molecule has 0 saturated carbocycles. The summed E-state index contributed by atoms with van der Waals surface area (Å²) in [6.45, 7) is 0.655. The van der Waals surface area contributed by atoms with Crippen LogP contribution in [0.5, 0.6) is 0 Å². The van der Waals surface area contributed by atoms with E-state index in [4.69, 9.17) is 0 Å². The Labute approximate surface area is 69.1 Å². The maximum absolute atomic E-state index is 11.0. The maximum atomic E-state index is 11.0. The third-order valence-electron chi connectivity index (χ3n) is 1.94.